The molecule has 0 spiro atoms. The lowest BCUT2D eigenvalue weighted by atomic mass is 10.1. The Balaban J connectivity index is 0.00000225. The van der Waals surface area contributed by atoms with Gasteiger partial charge in [0.05, 0.1) is 6.04 Å². The van der Waals surface area contributed by atoms with Crippen LogP contribution in [0.5, 0.6) is 0 Å². The first-order valence-corrected chi connectivity index (χ1v) is 5.29. The van der Waals surface area contributed by atoms with Gasteiger partial charge in [-0.05, 0) is 24.1 Å². The quantitative estimate of drug-likeness (QED) is 0.820. The van der Waals surface area contributed by atoms with Crippen LogP contribution in [0, 0.1) is 0 Å². The third-order valence-corrected chi connectivity index (χ3v) is 2.36. The van der Waals surface area contributed by atoms with Crippen LogP contribution in [0.25, 0.3) is 0 Å². The van der Waals surface area contributed by atoms with Crippen LogP contribution in [0.2, 0.25) is 5.02 Å². The Kier molecular flexibility index (Phi) is 7.13. The van der Waals surface area contributed by atoms with E-state index in [1.54, 1.807) is 0 Å². The van der Waals surface area contributed by atoms with Crippen LogP contribution >= 0.6 is 24.0 Å². The molecule has 0 aliphatic rings. The van der Waals surface area contributed by atoms with Gasteiger partial charge >= 0.3 is 0 Å². The number of carbonyl (C=O) groups excluding carboxylic acids is 1. The summed E-state index contributed by atoms with van der Waals surface area (Å²) in [5, 5.41) is 0.716. The normalized spacial score (nSPS) is 11.4. The molecule has 0 aliphatic carbocycles. The van der Waals surface area contributed by atoms with Gasteiger partial charge in [-0.1, -0.05) is 30.7 Å². The van der Waals surface area contributed by atoms with Gasteiger partial charge in [-0.3, -0.25) is 10.2 Å². The van der Waals surface area contributed by atoms with Crippen LogP contribution in [0.15, 0.2) is 24.3 Å². The molecule has 0 aliphatic heterocycles. The Morgan fingerprint density at radius 2 is 1.94 bits per heavy atom. The van der Waals surface area contributed by atoms with E-state index >= 15 is 0 Å². The summed E-state index contributed by atoms with van der Waals surface area (Å²) in [5.74, 6) is -0.0950. The van der Waals surface area contributed by atoms with Crippen molar-refractivity contribution in [3.63, 3.8) is 0 Å². The predicted molar refractivity (Wildman–Crippen MR) is 68.7 cm³/mol. The van der Waals surface area contributed by atoms with Crippen LogP contribution in [-0.4, -0.2) is 5.91 Å². The predicted octanol–water partition coefficient (Wildman–Crippen LogP) is 2.85. The van der Waals surface area contributed by atoms with Crippen molar-refractivity contribution in [2.24, 2.45) is 0 Å². The van der Waals surface area contributed by atoms with Crippen molar-refractivity contribution in [3.8, 4) is 0 Å². The fourth-order valence-electron chi connectivity index (χ4n) is 1.30. The molecule has 0 heterocycles. The molecule has 1 aromatic carbocycles. The smallest absolute Gasteiger partial charge is 0.230 e. The summed E-state index contributed by atoms with van der Waals surface area (Å²) in [7, 11) is 0. The highest BCUT2D eigenvalue weighted by Crippen LogP contribution is 2.18. The first-order chi connectivity index (χ1) is 7.13. The summed E-state index contributed by atoms with van der Waals surface area (Å²) in [4.78, 5) is 10.8. The molecule has 0 fully saturated rings. The first-order valence-electron chi connectivity index (χ1n) is 4.91. The van der Waals surface area contributed by atoms with Crippen molar-refractivity contribution in [2.75, 3.05) is 0 Å². The zero-order chi connectivity index (χ0) is 11.3. The highest BCUT2D eigenvalue weighted by atomic mass is 35.5. The maximum atomic E-state index is 10.8. The van der Waals surface area contributed by atoms with Gasteiger partial charge in [-0.15, -0.1) is 12.4 Å². The van der Waals surface area contributed by atoms with Crippen molar-refractivity contribution < 1.29 is 4.79 Å². The molecule has 0 bridgehead atoms. The second kappa shape index (κ2) is 7.49. The Bertz CT molecular complexity index is 327. The molecule has 16 heavy (non-hydrogen) atoms. The van der Waals surface area contributed by atoms with Crippen LogP contribution in [0.1, 0.15) is 31.9 Å². The number of halogens is 2. The van der Waals surface area contributed by atoms with Crippen molar-refractivity contribution in [1.29, 1.82) is 0 Å². The van der Waals surface area contributed by atoms with E-state index in [0.717, 1.165) is 12.0 Å². The molecule has 1 unspecified atom stereocenters. The fraction of sp³-hybridized carbons (Fsp3) is 0.364. The number of rotatable bonds is 4. The number of carbonyl (C=O) groups is 1. The summed E-state index contributed by atoms with van der Waals surface area (Å²) in [6.07, 6.45) is 0.891. The Morgan fingerprint density at radius 1 is 1.38 bits per heavy atom. The summed E-state index contributed by atoms with van der Waals surface area (Å²) in [6.45, 7) is 3.52. The summed E-state index contributed by atoms with van der Waals surface area (Å²) in [6, 6.07) is 7.70. The summed E-state index contributed by atoms with van der Waals surface area (Å²) < 4.78 is 0. The van der Waals surface area contributed by atoms with Gasteiger partial charge in [-0.2, -0.15) is 0 Å². The average molecular weight is 263 g/mol. The van der Waals surface area contributed by atoms with E-state index in [-0.39, 0.29) is 24.4 Å². The minimum atomic E-state index is -0.0950. The molecule has 2 N–H and O–H groups in total. The molecular weight excluding hydrogens is 247 g/mol. The molecule has 1 rings (SSSR count). The molecule has 0 saturated carbocycles. The molecule has 0 radical (unpaired) electrons. The van der Waals surface area contributed by atoms with Crippen molar-refractivity contribution in [1.82, 2.24) is 10.9 Å². The minimum absolute atomic E-state index is 0. The number of hydrogen-bond donors (Lipinski definition) is 2. The van der Waals surface area contributed by atoms with Crippen LogP contribution in [0.3, 0.4) is 0 Å². The Labute approximate surface area is 107 Å². The maximum absolute atomic E-state index is 10.8. The van der Waals surface area contributed by atoms with Gasteiger partial charge < -0.3 is 0 Å². The van der Waals surface area contributed by atoms with Crippen molar-refractivity contribution >= 4 is 29.9 Å². The topological polar surface area (TPSA) is 41.1 Å². The van der Waals surface area contributed by atoms with Crippen LogP contribution in [0.4, 0.5) is 0 Å². The van der Waals surface area contributed by atoms with E-state index in [0.29, 0.717) is 5.02 Å². The minimum Gasteiger partial charge on any atom is -0.291 e. The van der Waals surface area contributed by atoms with E-state index < -0.39 is 0 Å². The first kappa shape index (κ1) is 15.2. The van der Waals surface area contributed by atoms with Crippen molar-refractivity contribution in [2.45, 2.75) is 26.3 Å². The van der Waals surface area contributed by atoms with Crippen LogP contribution < -0.4 is 10.9 Å². The summed E-state index contributed by atoms with van der Waals surface area (Å²) >= 11 is 5.80. The zero-order valence-electron chi connectivity index (χ0n) is 9.29. The molecule has 0 aromatic heterocycles. The van der Waals surface area contributed by atoms with Gasteiger partial charge in [-0.25, -0.2) is 5.43 Å². The number of amides is 1. The zero-order valence-corrected chi connectivity index (χ0v) is 10.9. The van der Waals surface area contributed by atoms with Gasteiger partial charge in [0.25, 0.3) is 0 Å². The third kappa shape index (κ3) is 4.84. The summed E-state index contributed by atoms with van der Waals surface area (Å²) in [5.41, 5.74) is 6.66. The van der Waals surface area contributed by atoms with Gasteiger partial charge in [0.2, 0.25) is 5.91 Å². The van der Waals surface area contributed by atoms with Crippen LogP contribution in [-0.2, 0) is 4.79 Å². The lowest BCUT2D eigenvalue weighted by molar-refractivity contribution is -0.120. The van der Waals surface area contributed by atoms with E-state index in [1.165, 1.54) is 6.92 Å². The molecule has 90 valence electrons. The lowest BCUT2D eigenvalue weighted by Gasteiger charge is -2.17. The number of benzene rings is 1. The van der Waals surface area contributed by atoms with E-state index in [1.807, 2.05) is 31.2 Å². The molecule has 1 atom stereocenters. The second-order valence-corrected chi connectivity index (χ2v) is 3.77. The van der Waals surface area contributed by atoms with Gasteiger partial charge in [0.1, 0.15) is 0 Å². The largest absolute Gasteiger partial charge is 0.291 e. The Morgan fingerprint density at radius 3 is 2.38 bits per heavy atom. The van der Waals surface area contributed by atoms with Gasteiger partial charge in [0.15, 0.2) is 0 Å². The average Bonchev–Trinajstić information content (AvgIpc) is 2.21. The number of nitrogens with one attached hydrogen (secondary N) is 2. The van der Waals surface area contributed by atoms with Crippen molar-refractivity contribution in [3.05, 3.63) is 34.9 Å². The highest BCUT2D eigenvalue weighted by Gasteiger charge is 2.08. The number of hydrazine groups is 1. The fourth-order valence-corrected chi connectivity index (χ4v) is 1.43. The SMILES string of the molecule is CCC(NNC(C)=O)c1ccc(Cl)cc1.Cl. The standard InChI is InChI=1S/C11H15ClN2O.ClH/c1-3-11(14-13-8(2)15)9-4-6-10(12)7-5-9;/h4-7,11,14H,3H2,1-2H3,(H,13,15);1H. The molecule has 0 saturated heterocycles. The van der Waals surface area contributed by atoms with Gasteiger partial charge in [0, 0.05) is 11.9 Å². The molecule has 3 nitrogen and oxygen atoms in total. The Hall–Kier alpha value is -0.770. The van der Waals surface area contributed by atoms with E-state index in [2.05, 4.69) is 10.9 Å². The van der Waals surface area contributed by atoms with E-state index in [4.69, 9.17) is 11.6 Å². The lowest BCUT2D eigenvalue weighted by Crippen LogP contribution is -2.38. The highest BCUT2D eigenvalue weighted by molar-refractivity contribution is 6.30. The molecule has 5 heteroatoms. The monoisotopic (exact) mass is 262 g/mol. The second-order valence-electron chi connectivity index (χ2n) is 3.34. The molecule has 1 aromatic rings. The van der Waals surface area contributed by atoms with E-state index in [9.17, 15) is 4.79 Å². The molecule has 1 amide bonds. The number of hydrogen-bond acceptors (Lipinski definition) is 2. The third-order valence-electron chi connectivity index (χ3n) is 2.10. The maximum Gasteiger partial charge on any atom is 0.230 e. The molecular formula is C11H16Cl2N2O.